The van der Waals surface area contributed by atoms with Crippen LogP contribution in [0.1, 0.15) is 5.56 Å². The number of nitrogens with zero attached hydrogens (tertiary/aromatic N) is 3. The van der Waals surface area contributed by atoms with Crippen molar-refractivity contribution in [2.75, 3.05) is 0 Å². The van der Waals surface area contributed by atoms with Crippen LogP contribution in [-0.4, -0.2) is 0 Å². The fourth-order valence-electron chi connectivity index (χ4n) is 0.760. The summed E-state index contributed by atoms with van der Waals surface area (Å²) < 4.78 is 11.1. The minimum atomic E-state index is -1.93. The molecule has 4 nitrogen and oxygen atoms in total. The maximum atomic E-state index is 11.1. The molecular weight excluding hydrogens is 173 g/mol. The van der Waals surface area contributed by atoms with Gasteiger partial charge in [0.05, 0.1) is 0 Å². The van der Waals surface area contributed by atoms with Crippen molar-refractivity contribution in [1.82, 2.24) is 0 Å². The number of azide groups is 1. The molecule has 0 saturated heterocycles. The van der Waals surface area contributed by atoms with E-state index in [2.05, 4.69) is 9.80 Å². The molecule has 1 aromatic carbocycles. The summed E-state index contributed by atoms with van der Waals surface area (Å²) in [4.78, 5) is 5.59. The maximum Gasteiger partial charge on any atom is 0.499 e. The van der Waals surface area contributed by atoms with E-state index in [1.807, 2.05) is 19.1 Å². The number of hydrogen-bond donors (Lipinski definition) is 0. The van der Waals surface area contributed by atoms with Crippen molar-refractivity contribution in [2.24, 2.45) is 4.88 Å². The Labute approximate surface area is 70.7 Å². The summed E-state index contributed by atoms with van der Waals surface area (Å²) in [5.41, 5.74) is 9.11. The zero-order valence-corrected chi connectivity index (χ0v) is 7.40. The van der Waals surface area contributed by atoms with Crippen LogP contribution in [0.4, 0.5) is 0 Å². The lowest BCUT2D eigenvalue weighted by Crippen LogP contribution is -1.92. The molecule has 1 unspecified atom stereocenters. The first kappa shape index (κ1) is 8.72. The van der Waals surface area contributed by atoms with Gasteiger partial charge in [-0.2, -0.15) is 0 Å². The summed E-state index contributed by atoms with van der Waals surface area (Å²) in [5.74, 6) is 0. The zero-order valence-electron chi connectivity index (χ0n) is 6.51. The molecule has 12 heavy (non-hydrogen) atoms. The van der Waals surface area contributed by atoms with E-state index in [0.717, 1.165) is 5.56 Å². The van der Waals surface area contributed by atoms with Crippen LogP contribution < -0.4 is 5.30 Å². The van der Waals surface area contributed by atoms with Gasteiger partial charge in [0.1, 0.15) is 0 Å². The molecule has 0 aliphatic carbocycles. The van der Waals surface area contributed by atoms with E-state index >= 15 is 0 Å². The quantitative estimate of drug-likeness (QED) is 0.298. The molecule has 0 spiro atoms. The van der Waals surface area contributed by atoms with Gasteiger partial charge in [-0.1, -0.05) is 22.3 Å². The number of hydrogen-bond acceptors (Lipinski definition) is 1. The highest BCUT2D eigenvalue weighted by atomic mass is 31.1. The first-order chi connectivity index (χ1) is 5.74. The van der Waals surface area contributed by atoms with Crippen molar-refractivity contribution >= 4 is 13.3 Å². The van der Waals surface area contributed by atoms with Gasteiger partial charge in [0.25, 0.3) is 0 Å². The molecule has 0 aliphatic rings. The molecule has 0 saturated carbocycles. The fraction of sp³-hybridized carbons (Fsp3) is 0.143. The molecule has 5 heteroatoms. The van der Waals surface area contributed by atoms with E-state index in [1.54, 1.807) is 12.1 Å². The summed E-state index contributed by atoms with van der Waals surface area (Å²) >= 11 is 0. The average Bonchev–Trinajstić information content (AvgIpc) is 2.06. The first-order valence-corrected chi connectivity index (χ1v) is 4.54. The monoisotopic (exact) mass is 180 g/mol. The number of benzene rings is 1. The maximum absolute atomic E-state index is 11.1. The predicted molar refractivity (Wildman–Crippen MR) is 47.6 cm³/mol. The van der Waals surface area contributed by atoms with Gasteiger partial charge in [-0.3, -0.25) is 0 Å². The average molecular weight is 180 g/mol. The molecular formula is C7H7N3OP+. The highest BCUT2D eigenvalue weighted by molar-refractivity contribution is 7.51. The third-order valence-electron chi connectivity index (χ3n) is 1.38. The largest absolute Gasteiger partial charge is 0.499 e. The summed E-state index contributed by atoms with van der Waals surface area (Å²) in [6.45, 7) is 1.93. The van der Waals surface area contributed by atoms with Crippen molar-refractivity contribution in [3.8, 4) is 0 Å². The van der Waals surface area contributed by atoms with Crippen molar-refractivity contribution < 1.29 is 4.57 Å². The van der Waals surface area contributed by atoms with Crippen LogP contribution in [0, 0.1) is 6.92 Å². The normalized spacial score (nSPS) is 10.2. The summed E-state index contributed by atoms with van der Waals surface area (Å²) in [5, 5.41) is 0.563. The highest BCUT2D eigenvalue weighted by Crippen LogP contribution is 2.21. The lowest BCUT2D eigenvalue weighted by Gasteiger charge is -1.86. The van der Waals surface area contributed by atoms with E-state index in [4.69, 9.17) is 5.53 Å². The number of rotatable bonds is 2. The topological polar surface area (TPSA) is 65.8 Å². The Bertz CT molecular complexity index is 340. The molecule has 0 fully saturated rings. The fourth-order valence-corrected chi connectivity index (χ4v) is 1.34. The first-order valence-electron chi connectivity index (χ1n) is 3.33. The van der Waals surface area contributed by atoms with Crippen molar-refractivity contribution in [3.63, 3.8) is 0 Å². The molecule has 0 aromatic heterocycles. The standard InChI is InChI=1S/C7H7N3OP/c1-6-2-4-7(5-3-6)12(11)10-9-8/h2-5H,1H3/q+1. The van der Waals surface area contributed by atoms with E-state index in [9.17, 15) is 4.57 Å². The Hall–Kier alpha value is -1.37. The third kappa shape index (κ3) is 2.06. The number of aryl methyl sites for hydroxylation is 1. The molecule has 0 bridgehead atoms. The van der Waals surface area contributed by atoms with Gasteiger partial charge < -0.3 is 0 Å². The van der Waals surface area contributed by atoms with E-state index in [1.165, 1.54) is 0 Å². The summed E-state index contributed by atoms with van der Waals surface area (Å²) in [6, 6.07) is 7.05. The Morgan fingerprint density at radius 3 is 2.50 bits per heavy atom. The van der Waals surface area contributed by atoms with E-state index in [0.29, 0.717) is 5.30 Å². The molecule has 60 valence electrons. The highest BCUT2D eigenvalue weighted by Gasteiger charge is 2.16. The second kappa shape index (κ2) is 3.86. The Morgan fingerprint density at radius 1 is 1.42 bits per heavy atom. The SMILES string of the molecule is Cc1ccc([P+](=O)N=[N+]=[N-])cc1. The van der Waals surface area contributed by atoms with Crippen LogP contribution in [0.2, 0.25) is 0 Å². The van der Waals surface area contributed by atoms with Gasteiger partial charge >= 0.3 is 7.95 Å². The van der Waals surface area contributed by atoms with Crippen LogP contribution in [-0.2, 0) is 4.57 Å². The second-order valence-electron chi connectivity index (χ2n) is 2.29. The van der Waals surface area contributed by atoms with Gasteiger partial charge in [0.15, 0.2) is 4.88 Å². The summed E-state index contributed by atoms with van der Waals surface area (Å²) in [7, 11) is -1.93. The van der Waals surface area contributed by atoms with Crippen LogP contribution in [0.5, 0.6) is 0 Å². The molecule has 0 aliphatic heterocycles. The van der Waals surface area contributed by atoms with Crippen molar-refractivity contribution in [2.45, 2.75) is 6.92 Å². The van der Waals surface area contributed by atoms with Crippen LogP contribution >= 0.6 is 7.95 Å². The molecule has 0 heterocycles. The van der Waals surface area contributed by atoms with Crippen LogP contribution in [0.3, 0.4) is 0 Å². The van der Waals surface area contributed by atoms with Crippen molar-refractivity contribution in [1.29, 1.82) is 0 Å². The van der Waals surface area contributed by atoms with Crippen LogP contribution in [0.25, 0.3) is 10.4 Å². The van der Waals surface area contributed by atoms with Gasteiger partial charge in [-0.25, -0.2) is 0 Å². The summed E-state index contributed by atoms with van der Waals surface area (Å²) in [6.07, 6.45) is 0. The minimum Gasteiger partial charge on any atom is -0.0548 e. The van der Waals surface area contributed by atoms with Crippen molar-refractivity contribution in [3.05, 3.63) is 40.3 Å². The van der Waals surface area contributed by atoms with Gasteiger partial charge in [-0.05, 0) is 19.1 Å². The Morgan fingerprint density at radius 2 is 2.00 bits per heavy atom. The lowest BCUT2D eigenvalue weighted by atomic mass is 10.2. The third-order valence-corrected chi connectivity index (χ3v) is 2.36. The Balaban J connectivity index is 2.97. The predicted octanol–water partition coefficient (Wildman–Crippen LogP) is 2.67. The molecule has 1 atom stereocenters. The smallest absolute Gasteiger partial charge is 0.0548 e. The minimum absolute atomic E-state index is 0.563. The van der Waals surface area contributed by atoms with Gasteiger partial charge in [0.2, 0.25) is 5.30 Å². The second-order valence-corrected chi connectivity index (χ2v) is 3.53. The van der Waals surface area contributed by atoms with E-state index < -0.39 is 7.95 Å². The van der Waals surface area contributed by atoms with Gasteiger partial charge in [-0.15, -0.1) is 0 Å². The van der Waals surface area contributed by atoms with Crippen LogP contribution in [0.15, 0.2) is 29.2 Å². The molecule has 1 rings (SSSR count). The Kier molecular flexibility index (Phi) is 2.81. The lowest BCUT2D eigenvalue weighted by molar-refractivity contribution is 0.594. The zero-order chi connectivity index (χ0) is 8.97. The molecule has 0 N–H and O–H groups in total. The van der Waals surface area contributed by atoms with Gasteiger partial charge in [0, 0.05) is 10.4 Å². The molecule has 0 amide bonds. The van der Waals surface area contributed by atoms with E-state index in [-0.39, 0.29) is 0 Å². The molecule has 1 aromatic rings. The molecule has 0 radical (unpaired) electrons.